The highest BCUT2D eigenvalue weighted by Crippen LogP contribution is 2.66. The van der Waals surface area contributed by atoms with Gasteiger partial charge in [-0.1, -0.05) is 19.9 Å². The van der Waals surface area contributed by atoms with Gasteiger partial charge in [0.15, 0.2) is 11.5 Å². The first kappa shape index (κ1) is 18.0. The maximum absolute atomic E-state index is 5.68. The summed E-state index contributed by atoms with van der Waals surface area (Å²) in [6.45, 7) is 5.84. The third-order valence-corrected chi connectivity index (χ3v) is 7.07. The molecule has 4 aliphatic carbocycles. The molecule has 4 atom stereocenters. The lowest BCUT2D eigenvalue weighted by atomic mass is 9.43. The zero-order valence-electron chi connectivity index (χ0n) is 16.9. The van der Waals surface area contributed by atoms with Crippen LogP contribution in [-0.4, -0.2) is 26.9 Å². The summed E-state index contributed by atoms with van der Waals surface area (Å²) < 4.78 is 16.6. The second-order valence-corrected chi connectivity index (χ2v) is 9.76. The molecule has 1 aromatic carbocycles. The van der Waals surface area contributed by atoms with Gasteiger partial charge in [-0.25, -0.2) is 0 Å². The molecule has 5 rings (SSSR count). The van der Waals surface area contributed by atoms with Crippen molar-refractivity contribution in [1.82, 2.24) is 5.32 Å². The van der Waals surface area contributed by atoms with E-state index in [0.717, 1.165) is 23.8 Å². The summed E-state index contributed by atoms with van der Waals surface area (Å²) in [6, 6.07) is 4.07. The maximum atomic E-state index is 5.68. The second-order valence-electron chi connectivity index (χ2n) is 9.76. The first-order chi connectivity index (χ1) is 12.3. The molecule has 4 fully saturated rings. The number of benzene rings is 1. The summed E-state index contributed by atoms with van der Waals surface area (Å²) in [5.74, 6) is 3.06. The Labute approximate surface area is 157 Å². The van der Waals surface area contributed by atoms with Crippen molar-refractivity contribution in [2.45, 2.75) is 64.5 Å². The Hall–Kier alpha value is -1.42. The fourth-order valence-corrected chi connectivity index (χ4v) is 7.23. The second kappa shape index (κ2) is 6.05. The minimum absolute atomic E-state index is 0.279. The molecule has 1 aromatic rings. The summed E-state index contributed by atoms with van der Waals surface area (Å²) in [5, 5.41) is 3.98. The molecule has 0 amide bonds. The fraction of sp³-hybridized carbons (Fsp3) is 0.727. The van der Waals surface area contributed by atoms with Gasteiger partial charge in [0.2, 0.25) is 5.75 Å². The molecule has 1 N–H and O–H groups in total. The van der Waals surface area contributed by atoms with Crippen LogP contribution < -0.4 is 19.5 Å². The van der Waals surface area contributed by atoms with E-state index in [0.29, 0.717) is 22.3 Å². The van der Waals surface area contributed by atoms with Crippen molar-refractivity contribution in [2.24, 2.45) is 16.7 Å². The molecule has 0 aromatic heterocycles. The van der Waals surface area contributed by atoms with Crippen molar-refractivity contribution in [3.8, 4) is 17.2 Å². The molecule has 4 saturated carbocycles. The molecular weight excluding hydrogens is 326 g/mol. The predicted molar refractivity (Wildman–Crippen MR) is 103 cm³/mol. The quantitative estimate of drug-likeness (QED) is 0.809. The van der Waals surface area contributed by atoms with E-state index in [-0.39, 0.29) is 5.54 Å². The van der Waals surface area contributed by atoms with Crippen LogP contribution in [0.1, 0.15) is 57.9 Å². The number of nitrogens with one attached hydrogen (secondary N) is 1. The van der Waals surface area contributed by atoms with E-state index >= 15 is 0 Å². The Bertz CT molecular complexity index is 683. The monoisotopic (exact) mass is 359 g/mol. The molecule has 2 unspecified atom stereocenters. The molecule has 0 radical (unpaired) electrons. The van der Waals surface area contributed by atoms with Crippen LogP contribution in [0.25, 0.3) is 0 Å². The van der Waals surface area contributed by atoms with Crippen LogP contribution in [0.2, 0.25) is 0 Å². The highest BCUT2D eigenvalue weighted by molar-refractivity contribution is 5.55. The number of hydrogen-bond acceptors (Lipinski definition) is 4. The van der Waals surface area contributed by atoms with E-state index < -0.39 is 0 Å². The molecule has 4 bridgehead atoms. The molecule has 4 aliphatic rings. The van der Waals surface area contributed by atoms with Gasteiger partial charge in [-0.05, 0) is 61.3 Å². The smallest absolute Gasteiger partial charge is 0.203 e. The molecule has 0 spiro atoms. The molecule has 0 heterocycles. The van der Waals surface area contributed by atoms with Crippen molar-refractivity contribution in [3.63, 3.8) is 0 Å². The van der Waals surface area contributed by atoms with E-state index in [2.05, 4.69) is 25.2 Å². The third-order valence-electron chi connectivity index (χ3n) is 7.07. The molecule has 4 heteroatoms. The fourth-order valence-electron chi connectivity index (χ4n) is 7.23. The first-order valence-electron chi connectivity index (χ1n) is 9.86. The van der Waals surface area contributed by atoms with E-state index in [9.17, 15) is 0 Å². The lowest BCUT2D eigenvalue weighted by molar-refractivity contribution is -0.118. The lowest BCUT2D eigenvalue weighted by Crippen LogP contribution is -2.63. The SMILES string of the molecule is COc1ccc(CNC23CC4C[C@@](C)(C2)C[C@](C)(C4)C3)c(OC)c1OC. The Morgan fingerprint density at radius 2 is 1.54 bits per heavy atom. The Balaban J connectivity index is 1.58. The molecule has 144 valence electrons. The predicted octanol–water partition coefficient (Wildman–Crippen LogP) is 4.55. The van der Waals surface area contributed by atoms with Gasteiger partial charge in [0.25, 0.3) is 0 Å². The molecule has 26 heavy (non-hydrogen) atoms. The summed E-state index contributed by atoms with van der Waals surface area (Å²) in [7, 11) is 5.03. The van der Waals surface area contributed by atoms with Gasteiger partial charge in [-0.15, -0.1) is 0 Å². The zero-order valence-corrected chi connectivity index (χ0v) is 16.9. The number of rotatable bonds is 6. The van der Waals surface area contributed by atoms with Crippen LogP contribution >= 0.6 is 0 Å². The van der Waals surface area contributed by atoms with Crippen molar-refractivity contribution in [1.29, 1.82) is 0 Å². The summed E-state index contributed by atoms with van der Waals surface area (Å²) >= 11 is 0. The van der Waals surface area contributed by atoms with Gasteiger partial charge in [0.05, 0.1) is 21.3 Å². The van der Waals surface area contributed by atoms with Crippen LogP contribution in [0.15, 0.2) is 12.1 Å². The normalized spacial score (nSPS) is 37.7. The Morgan fingerprint density at radius 3 is 2.08 bits per heavy atom. The minimum Gasteiger partial charge on any atom is -0.493 e. The first-order valence-corrected chi connectivity index (χ1v) is 9.86. The zero-order chi connectivity index (χ0) is 18.6. The van der Waals surface area contributed by atoms with Gasteiger partial charge >= 0.3 is 0 Å². The van der Waals surface area contributed by atoms with Crippen LogP contribution in [0, 0.1) is 16.7 Å². The average Bonchev–Trinajstić information content (AvgIpc) is 2.55. The Morgan fingerprint density at radius 1 is 0.885 bits per heavy atom. The third kappa shape index (κ3) is 2.87. The van der Waals surface area contributed by atoms with E-state index in [1.54, 1.807) is 21.3 Å². The van der Waals surface area contributed by atoms with Gasteiger partial charge in [0.1, 0.15) is 0 Å². The maximum Gasteiger partial charge on any atom is 0.203 e. The van der Waals surface area contributed by atoms with E-state index in [4.69, 9.17) is 14.2 Å². The Kier molecular flexibility index (Phi) is 4.18. The van der Waals surface area contributed by atoms with Gasteiger partial charge < -0.3 is 19.5 Å². The summed E-state index contributed by atoms with van der Waals surface area (Å²) in [5.41, 5.74) is 2.45. The lowest BCUT2D eigenvalue weighted by Gasteiger charge is -2.65. The van der Waals surface area contributed by atoms with Crippen molar-refractivity contribution in [3.05, 3.63) is 17.7 Å². The average molecular weight is 360 g/mol. The van der Waals surface area contributed by atoms with Gasteiger partial charge in [0, 0.05) is 17.6 Å². The molecule has 4 nitrogen and oxygen atoms in total. The van der Waals surface area contributed by atoms with Crippen molar-refractivity contribution in [2.75, 3.05) is 21.3 Å². The molecular formula is C22H33NO3. The van der Waals surface area contributed by atoms with E-state index in [1.807, 2.05) is 6.07 Å². The van der Waals surface area contributed by atoms with Crippen molar-refractivity contribution >= 4 is 0 Å². The van der Waals surface area contributed by atoms with Crippen molar-refractivity contribution < 1.29 is 14.2 Å². The summed E-state index contributed by atoms with van der Waals surface area (Å²) in [4.78, 5) is 0. The van der Waals surface area contributed by atoms with Crippen LogP contribution in [0.3, 0.4) is 0 Å². The molecule has 0 aliphatic heterocycles. The van der Waals surface area contributed by atoms with Crippen LogP contribution in [0.4, 0.5) is 0 Å². The highest BCUT2D eigenvalue weighted by Gasteiger charge is 2.59. The topological polar surface area (TPSA) is 39.7 Å². The minimum atomic E-state index is 0.279. The number of hydrogen-bond donors (Lipinski definition) is 1. The highest BCUT2D eigenvalue weighted by atomic mass is 16.5. The van der Waals surface area contributed by atoms with E-state index in [1.165, 1.54) is 38.5 Å². The van der Waals surface area contributed by atoms with Crippen LogP contribution in [-0.2, 0) is 6.54 Å². The summed E-state index contributed by atoms with van der Waals surface area (Å²) in [6.07, 6.45) is 8.19. The van der Waals surface area contributed by atoms with Gasteiger partial charge in [-0.3, -0.25) is 0 Å². The number of ether oxygens (including phenoxy) is 3. The molecule has 0 saturated heterocycles. The standard InChI is InChI=1S/C22H33NO3/c1-20-8-15-9-21(2,12-20)14-22(10-15,13-20)23-11-16-6-7-17(24-3)19(26-5)18(16)25-4/h6-7,15,23H,8-14H2,1-5H3/t15?,20-,21+,22?. The largest absolute Gasteiger partial charge is 0.493 e. The number of methoxy groups -OCH3 is 3. The van der Waals surface area contributed by atoms with Gasteiger partial charge in [-0.2, -0.15) is 0 Å². The van der Waals surface area contributed by atoms with Crippen LogP contribution in [0.5, 0.6) is 17.2 Å².